The highest BCUT2D eigenvalue weighted by Gasteiger charge is 2.40. The molecule has 0 fully saturated rings. The lowest BCUT2D eigenvalue weighted by Crippen LogP contribution is -2.21. The molecule has 0 aliphatic heterocycles. The van der Waals surface area contributed by atoms with Crippen molar-refractivity contribution in [3.8, 4) is 10.4 Å². The normalized spacial score (nSPS) is 11.3. The van der Waals surface area contributed by atoms with Crippen molar-refractivity contribution in [1.29, 1.82) is 0 Å². The third-order valence-corrected chi connectivity index (χ3v) is 3.66. The molecule has 0 spiro atoms. The molecule has 0 saturated carbocycles. The van der Waals surface area contributed by atoms with Crippen molar-refractivity contribution < 1.29 is 22.8 Å². The molecule has 0 bridgehead atoms. The predicted octanol–water partition coefficient (Wildman–Crippen LogP) is 3.26. The number of thiophene rings is 1. The molecule has 0 aliphatic rings. The largest absolute Gasteiger partial charge is 0.455 e. The molecule has 0 atom stereocenters. The molecule has 1 heterocycles. The fraction of sp³-hybridized carbons (Fsp3) is 0.0769. The summed E-state index contributed by atoms with van der Waals surface area (Å²) in [5, 5.41) is 0. The minimum absolute atomic E-state index is 0.195. The molecule has 104 valence electrons. The first kappa shape index (κ1) is 14.3. The van der Waals surface area contributed by atoms with Crippen molar-refractivity contribution in [2.75, 3.05) is 0 Å². The Hall–Kier alpha value is -2.15. The van der Waals surface area contributed by atoms with Gasteiger partial charge in [0.05, 0.1) is 4.88 Å². The quantitative estimate of drug-likeness (QED) is 0.884. The van der Waals surface area contributed by atoms with Crippen LogP contribution in [-0.2, 0) is 0 Å². The molecule has 20 heavy (non-hydrogen) atoms. The first-order valence-corrected chi connectivity index (χ1v) is 6.23. The summed E-state index contributed by atoms with van der Waals surface area (Å²) in [6, 6.07) is 8.72. The topological polar surface area (TPSA) is 60.2 Å². The first-order valence-electron chi connectivity index (χ1n) is 5.41. The average Bonchev–Trinajstić information content (AvgIpc) is 2.86. The van der Waals surface area contributed by atoms with Gasteiger partial charge in [-0.15, -0.1) is 11.3 Å². The number of carbonyl (C=O) groups is 2. The zero-order valence-electron chi connectivity index (χ0n) is 9.90. The molecule has 1 aromatic heterocycles. The molecule has 0 radical (unpaired) electrons. The maximum absolute atomic E-state index is 12.3. The van der Waals surface area contributed by atoms with E-state index >= 15 is 0 Å². The molecule has 1 amide bonds. The van der Waals surface area contributed by atoms with Gasteiger partial charge in [-0.3, -0.25) is 9.59 Å². The monoisotopic (exact) mass is 299 g/mol. The van der Waals surface area contributed by atoms with E-state index in [1.54, 1.807) is 18.2 Å². The maximum atomic E-state index is 12.3. The summed E-state index contributed by atoms with van der Waals surface area (Å²) in [5.41, 5.74) is 5.81. The second kappa shape index (κ2) is 5.09. The van der Waals surface area contributed by atoms with E-state index in [2.05, 4.69) is 0 Å². The number of halogens is 3. The summed E-state index contributed by atoms with van der Waals surface area (Å²) in [7, 11) is 0. The molecule has 1 aromatic carbocycles. The number of Topliss-reactive ketones (excluding diaryl/α,β-unsaturated/α-hetero) is 1. The fourth-order valence-electron chi connectivity index (χ4n) is 1.66. The van der Waals surface area contributed by atoms with Crippen LogP contribution in [0.25, 0.3) is 10.4 Å². The van der Waals surface area contributed by atoms with Crippen molar-refractivity contribution in [2.45, 2.75) is 6.18 Å². The SMILES string of the molecule is NC(=O)c1ccccc1-c1ccc(C(=O)C(F)(F)F)s1. The Balaban J connectivity index is 2.45. The summed E-state index contributed by atoms with van der Waals surface area (Å²) >= 11 is 0.675. The molecule has 0 saturated heterocycles. The lowest BCUT2D eigenvalue weighted by atomic mass is 10.1. The van der Waals surface area contributed by atoms with Gasteiger partial charge in [0.2, 0.25) is 5.91 Å². The lowest BCUT2D eigenvalue weighted by molar-refractivity contribution is -0.0882. The molecular formula is C13H8F3NO2S. The molecule has 2 N–H and O–H groups in total. The van der Waals surface area contributed by atoms with Crippen molar-refractivity contribution >= 4 is 23.0 Å². The third-order valence-electron chi connectivity index (χ3n) is 2.55. The fourth-order valence-corrected chi connectivity index (χ4v) is 2.66. The van der Waals surface area contributed by atoms with E-state index < -0.39 is 22.7 Å². The van der Waals surface area contributed by atoms with Gasteiger partial charge in [-0.25, -0.2) is 0 Å². The summed E-state index contributed by atoms with van der Waals surface area (Å²) in [4.78, 5) is 22.4. The molecule has 7 heteroatoms. The summed E-state index contributed by atoms with van der Waals surface area (Å²) in [5.74, 6) is -2.58. The van der Waals surface area contributed by atoms with E-state index in [9.17, 15) is 22.8 Å². The Morgan fingerprint density at radius 1 is 1.05 bits per heavy atom. The molecular weight excluding hydrogens is 291 g/mol. The van der Waals surface area contributed by atoms with Crippen LogP contribution >= 0.6 is 11.3 Å². The highest BCUT2D eigenvalue weighted by atomic mass is 32.1. The zero-order valence-corrected chi connectivity index (χ0v) is 10.7. The number of carbonyl (C=O) groups excluding carboxylic acids is 2. The molecule has 0 aliphatic carbocycles. The van der Waals surface area contributed by atoms with Crippen LogP contribution in [0.2, 0.25) is 0 Å². The van der Waals surface area contributed by atoms with Crippen molar-refractivity contribution in [2.24, 2.45) is 5.73 Å². The second-order valence-electron chi connectivity index (χ2n) is 3.90. The van der Waals surface area contributed by atoms with E-state index in [-0.39, 0.29) is 5.56 Å². The number of nitrogens with two attached hydrogens (primary N) is 1. The number of hydrogen-bond acceptors (Lipinski definition) is 3. The number of benzene rings is 1. The van der Waals surface area contributed by atoms with Gasteiger partial charge in [0.15, 0.2) is 0 Å². The number of primary amides is 1. The van der Waals surface area contributed by atoms with Crippen LogP contribution in [0.4, 0.5) is 13.2 Å². The van der Waals surface area contributed by atoms with E-state index in [4.69, 9.17) is 5.73 Å². The van der Waals surface area contributed by atoms with Crippen molar-refractivity contribution in [3.63, 3.8) is 0 Å². The Kier molecular flexibility index (Phi) is 3.63. The maximum Gasteiger partial charge on any atom is 0.455 e. The standard InChI is InChI=1S/C13H8F3NO2S/c14-13(15,16)11(18)10-6-5-9(20-10)7-3-1-2-4-8(7)12(17)19/h1-6H,(H2,17,19). The van der Waals surface area contributed by atoms with Crippen LogP contribution in [-0.4, -0.2) is 17.9 Å². The van der Waals surface area contributed by atoms with Crippen LogP contribution in [0.1, 0.15) is 20.0 Å². The van der Waals surface area contributed by atoms with Gasteiger partial charge in [0.25, 0.3) is 5.78 Å². The summed E-state index contributed by atoms with van der Waals surface area (Å²) in [6.07, 6.45) is -4.91. The van der Waals surface area contributed by atoms with Crippen LogP contribution < -0.4 is 5.73 Å². The van der Waals surface area contributed by atoms with Gasteiger partial charge >= 0.3 is 6.18 Å². The minimum atomic E-state index is -4.91. The third kappa shape index (κ3) is 2.72. The summed E-state index contributed by atoms with van der Waals surface area (Å²) in [6.45, 7) is 0. The van der Waals surface area contributed by atoms with Crippen molar-refractivity contribution in [1.82, 2.24) is 0 Å². The lowest BCUT2D eigenvalue weighted by Gasteiger charge is -2.04. The van der Waals surface area contributed by atoms with Crippen LogP contribution in [0.5, 0.6) is 0 Å². The number of alkyl halides is 3. The predicted molar refractivity (Wildman–Crippen MR) is 68.7 cm³/mol. The van der Waals surface area contributed by atoms with E-state index in [0.717, 1.165) is 6.07 Å². The smallest absolute Gasteiger partial charge is 0.366 e. The molecule has 0 unspecified atom stereocenters. The van der Waals surface area contributed by atoms with Gasteiger partial charge < -0.3 is 5.73 Å². The van der Waals surface area contributed by atoms with E-state index in [0.29, 0.717) is 21.8 Å². The Morgan fingerprint density at radius 2 is 1.70 bits per heavy atom. The second-order valence-corrected chi connectivity index (χ2v) is 4.98. The van der Waals surface area contributed by atoms with Gasteiger partial charge in [-0.2, -0.15) is 13.2 Å². The Bertz CT molecular complexity index is 676. The van der Waals surface area contributed by atoms with Crippen LogP contribution in [0, 0.1) is 0 Å². The van der Waals surface area contributed by atoms with Crippen LogP contribution in [0.15, 0.2) is 36.4 Å². The highest BCUT2D eigenvalue weighted by molar-refractivity contribution is 7.17. The average molecular weight is 299 g/mol. The van der Waals surface area contributed by atoms with E-state index in [1.165, 1.54) is 12.1 Å². The number of ketones is 1. The van der Waals surface area contributed by atoms with Gasteiger partial charge in [0.1, 0.15) is 0 Å². The molecule has 2 rings (SSSR count). The highest BCUT2D eigenvalue weighted by Crippen LogP contribution is 2.33. The van der Waals surface area contributed by atoms with Gasteiger partial charge in [-0.05, 0) is 18.2 Å². The van der Waals surface area contributed by atoms with Gasteiger partial charge in [-0.1, -0.05) is 18.2 Å². The Labute approximate surface area is 115 Å². The van der Waals surface area contributed by atoms with Crippen molar-refractivity contribution in [3.05, 3.63) is 46.8 Å². The number of amides is 1. The number of hydrogen-bond donors (Lipinski definition) is 1. The first-order chi connectivity index (χ1) is 9.30. The zero-order chi connectivity index (χ0) is 14.9. The Morgan fingerprint density at radius 3 is 2.30 bits per heavy atom. The number of rotatable bonds is 3. The van der Waals surface area contributed by atoms with Crippen LogP contribution in [0.3, 0.4) is 0 Å². The minimum Gasteiger partial charge on any atom is -0.366 e. The summed E-state index contributed by atoms with van der Waals surface area (Å²) < 4.78 is 37.0. The van der Waals surface area contributed by atoms with E-state index in [1.807, 2.05) is 0 Å². The molecule has 2 aromatic rings. The molecule has 3 nitrogen and oxygen atoms in total. The van der Waals surface area contributed by atoms with Gasteiger partial charge in [0, 0.05) is 16.0 Å².